The molecular formula is C26H16Cl3FN2O2S. The molecule has 3 aromatic carbocycles. The number of hydrogen-bond donors (Lipinski definition) is 0. The summed E-state index contributed by atoms with van der Waals surface area (Å²) in [5.41, 5.74) is 3.01. The third-order valence-corrected chi connectivity index (χ3v) is 7.68. The number of thioether (sulfide) groups is 1. The molecule has 1 fully saturated rings. The number of halogens is 4. The predicted molar refractivity (Wildman–Crippen MR) is 140 cm³/mol. The summed E-state index contributed by atoms with van der Waals surface area (Å²) in [5.74, 6) is -0.909. The molecule has 0 spiro atoms. The molecule has 4 nitrogen and oxygen atoms in total. The van der Waals surface area contributed by atoms with Crippen molar-refractivity contribution in [1.29, 1.82) is 0 Å². The van der Waals surface area contributed by atoms with Gasteiger partial charge in [-0.25, -0.2) is 4.39 Å². The third-order valence-electron chi connectivity index (χ3n) is 5.71. The predicted octanol–water partition coefficient (Wildman–Crippen LogP) is 8.03. The molecular weight excluding hydrogens is 530 g/mol. The second kappa shape index (κ2) is 9.70. The minimum atomic E-state index is -0.484. The number of rotatable bonds is 5. The van der Waals surface area contributed by atoms with Gasteiger partial charge in [-0.05, 0) is 53.7 Å². The number of benzene rings is 3. The van der Waals surface area contributed by atoms with Crippen molar-refractivity contribution in [2.24, 2.45) is 0 Å². The molecule has 1 saturated heterocycles. The molecule has 1 aliphatic heterocycles. The first-order valence-corrected chi connectivity index (χ1v) is 12.5. The number of aromatic nitrogens is 1. The summed E-state index contributed by atoms with van der Waals surface area (Å²) >= 11 is 19.7. The van der Waals surface area contributed by atoms with Crippen LogP contribution < -0.4 is 0 Å². The first-order chi connectivity index (χ1) is 16.8. The number of nitrogens with zero attached hydrogens (tertiary/aromatic N) is 2. The number of carbonyl (C=O) groups excluding carboxylic acids is 2. The van der Waals surface area contributed by atoms with Gasteiger partial charge >= 0.3 is 0 Å². The summed E-state index contributed by atoms with van der Waals surface area (Å²) in [7, 11) is 0. The highest BCUT2D eigenvalue weighted by atomic mass is 35.5. The molecule has 0 N–H and O–H groups in total. The van der Waals surface area contributed by atoms with E-state index in [-0.39, 0.29) is 11.6 Å². The van der Waals surface area contributed by atoms with Crippen LogP contribution in [0.15, 0.2) is 71.8 Å². The highest BCUT2D eigenvalue weighted by Gasteiger charge is 2.35. The number of amides is 2. The summed E-state index contributed by atoms with van der Waals surface area (Å²) in [6.07, 6.45) is 3.62. The van der Waals surface area contributed by atoms with Gasteiger partial charge in [0.1, 0.15) is 5.82 Å². The van der Waals surface area contributed by atoms with Gasteiger partial charge in [0, 0.05) is 43.3 Å². The van der Waals surface area contributed by atoms with E-state index < -0.39 is 17.0 Å². The van der Waals surface area contributed by atoms with Crippen LogP contribution in [0.5, 0.6) is 0 Å². The third kappa shape index (κ3) is 4.71. The van der Waals surface area contributed by atoms with E-state index in [9.17, 15) is 14.0 Å². The molecule has 1 aliphatic rings. The molecule has 0 unspecified atom stereocenters. The second-order valence-electron chi connectivity index (χ2n) is 7.93. The van der Waals surface area contributed by atoms with Gasteiger partial charge in [-0.15, -0.1) is 0 Å². The Hall–Kier alpha value is -2.77. The molecule has 0 saturated carbocycles. The topological polar surface area (TPSA) is 42.3 Å². The van der Waals surface area contributed by atoms with Crippen molar-refractivity contribution in [2.75, 3.05) is 0 Å². The Morgan fingerprint density at radius 2 is 1.63 bits per heavy atom. The molecule has 0 bridgehead atoms. The maximum Gasteiger partial charge on any atom is 0.293 e. The zero-order chi connectivity index (χ0) is 24.7. The number of carbonyl (C=O) groups is 2. The fourth-order valence-corrected chi connectivity index (χ4v) is 5.55. The lowest BCUT2D eigenvalue weighted by molar-refractivity contribution is -0.123. The van der Waals surface area contributed by atoms with Crippen molar-refractivity contribution in [3.8, 4) is 0 Å². The summed E-state index contributed by atoms with van der Waals surface area (Å²) in [4.78, 5) is 27.1. The van der Waals surface area contributed by atoms with Crippen LogP contribution in [0.1, 0.15) is 16.7 Å². The van der Waals surface area contributed by atoms with Crippen molar-refractivity contribution in [1.82, 2.24) is 9.47 Å². The normalized spacial score (nSPS) is 15.1. The van der Waals surface area contributed by atoms with Crippen molar-refractivity contribution in [3.05, 3.63) is 109 Å². The van der Waals surface area contributed by atoms with E-state index in [1.54, 1.807) is 24.3 Å². The van der Waals surface area contributed by atoms with E-state index in [0.717, 1.165) is 44.8 Å². The van der Waals surface area contributed by atoms with Crippen LogP contribution in [0.2, 0.25) is 15.1 Å². The summed E-state index contributed by atoms with van der Waals surface area (Å²) in [5, 5.41) is 1.81. The van der Waals surface area contributed by atoms with Gasteiger partial charge in [-0.2, -0.15) is 0 Å². The fraction of sp³-hybridized carbons (Fsp3) is 0.0769. The Morgan fingerprint density at radius 3 is 2.37 bits per heavy atom. The van der Waals surface area contributed by atoms with Crippen molar-refractivity contribution in [2.45, 2.75) is 13.1 Å². The largest absolute Gasteiger partial charge is 0.342 e. The molecule has 2 amide bonds. The zero-order valence-electron chi connectivity index (χ0n) is 18.0. The minimum absolute atomic E-state index is 0.0338. The van der Waals surface area contributed by atoms with Crippen LogP contribution in [0.3, 0.4) is 0 Å². The average Bonchev–Trinajstić information content (AvgIpc) is 3.30. The first-order valence-electron chi connectivity index (χ1n) is 10.5. The van der Waals surface area contributed by atoms with Gasteiger partial charge in [-0.1, -0.05) is 65.1 Å². The summed E-state index contributed by atoms with van der Waals surface area (Å²) in [6, 6.07) is 17.0. The van der Waals surface area contributed by atoms with Crippen molar-refractivity contribution < 1.29 is 14.0 Å². The molecule has 4 aromatic rings. The van der Waals surface area contributed by atoms with Gasteiger partial charge in [0.25, 0.3) is 11.1 Å². The number of imide groups is 1. The Bertz CT molecular complexity index is 1510. The van der Waals surface area contributed by atoms with Crippen LogP contribution in [0.25, 0.3) is 17.0 Å². The lowest BCUT2D eigenvalue weighted by Crippen LogP contribution is -2.27. The van der Waals surface area contributed by atoms with Crippen molar-refractivity contribution >= 4 is 74.7 Å². The van der Waals surface area contributed by atoms with E-state index in [4.69, 9.17) is 34.8 Å². The van der Waals surface area contributed by atoms with Gasteiger partial charge in [0.05, 0.1) is 18.0 Å². The quantitative estimate of drug-likeness (QED) is 0.238. The molecule has 2 heterocycles. The Kier molecular flexibility index (Phi) is 6.64. The van der Waals surface area contributed by atoms with Crippen LogP contribution in [0, 0.1) is 5.82 Å². The zero-order valence-corrected chi connectivity index (χ0v) is 21.1. The van der Waals surface area contributed by atoms with E-state index in [2.05, 4.69) is 0 Å². The van der Waals surface area contributed by atoms with Gasteiger partial charge in [0.15, 0.2) is 0 Å². The molecule has 0 aliphatic carbocycles. The Labute approximate surface area is 219 Å². The monoisotopic (exact) mass is 544 g/mol. The average molecular weight is 546 g/mol. The SMILES string of the molecule is O=C1S/C(=C/c2cn(Cc3c(Cl)cccc3Cl)c3ccccc23)C(=O)N1Cc1ccc(F)cc1Cl. The molecule has 9 heteroatoms. The van der Waals surface area contributed by atoms with Crippen LogP contribution in [0.4, 0.5) is 9.18 Å². The smallest absolute Gasteiger partial charge is 0.293 e. The van der Waals surface area contributed by atoms with E-state index >= 15 is 0 Å². The van der Waals surface area contributed by atoms with Crippen LogP contribution >= 0.6 is 46.6 Å². The van der Waals surface area contributed by atoms with E-state index in [1.165, 1.54) is 12.1 Å². The Morgan fingerprint density at radius 1 is 0.886 bits per heavy atom. The summed E-state index contributed by atoms with van der Waals surface area (Å²) < 4.78 is 15.4. The van der Waals surface area contributed by atoms with E-state index in [0.29, 0.717) is 27.1 Å². The van der Waals surface area contributed by atoms with Gasteiger partial charge in [0.2, 0.25) is 0 Å². The molecule has 5 rings (SSSR count). The minimum Gasteiger partial charge on any atom is -0.342 e. The molecule has 0 atom stereocenters. The Balaban J connectivity index is 1.48. The van der Waals surface area contributed by atoms with Crippen LogP contribution in [-0.4, -0.2) is 20.6 Å². The number of hydrogen-bond acceptors (Lipinski definition) is 3. The maximum atomic E-state index is 13.4. The fourth-order valence-electron chi connectivity index (χ4n) is 3.97. The molecule has 35 heavy (non-hydrogen) atoms. The maximum absolute atomic E-state index is 13.4. The lowest BCUT2D eigenvalue weighted by atomic mass is 10.1. The second-order valence-corrected chi connectivity index (χ2v) is 10.1. The number of fused-ring (bicyclic) bond motifs is 1. The number of para-hydroxylation sites is 1. The summed E-state index contributed by atoms with van der Waals surface area (Å²) in [6.45, 7) is 0.408. The van der Waals surface area contributed by atoms with E-state index in [1.807, 2.05) is 35.0 Å². The van der Waals surface area contributed by atoms with Gasteiger partial charge < -0.3 is 4.57 Å². The molecule has 176 valence electrons. The standard InChI is InChI=1S/C26H16Cl3FN2O2S/c27-20-5-3-6-21(28)19(20)14-31-12-16(18-4-1-2-7-23(18)31)10-24-25(33)32(26(34)35-24)13-15-8-9-17(30)11-22(15)29/h1-12H,13-14H2/b24-10+. The highest BCUT2D eigenvalue weighted by Crippen LogP contribution is 2.36. The highest BCUT2D eigenvalue weighted by molar-refractivity contribution is 8.18. The molecule has 0 radical (unpaired) electrons. The molecule has 1 aromatic heterocycles. The van der Waals surface area contributed by atoms with Gasteiger partial charge in [-0.3, -0.25) is 14.5 Å². The van der Waals surface area contributed by atoms with Crippen LogP contribution in [-0.2, 0) is 17.9 Å². The lowest BCUT2D eigenvalue weighted by Gasteiger charge is -2.13. The first kappa shape index (κ1) is 23.9. The van der Waals surface area contributed by atoms with Crippen molar-refractivity contribution in [3.63, 3.8) is 0 Å².